The molecular formula is C26H32N10O8S2. The van der Waals surface area contributed by atoms with E-state index in [2.05, 4.69) is 25.8 Å². The number of rotatable bonds is 13. The summed E-state index contributed by atoms with van der Waals surface area (Å²) >= 11 is 2.25. The summed E-state index contributed by atoms with van der Waals surface area (Å²) in [5, 5.41) is 29.0. The van der Waals surface area contributed by atoms with Crippen LogP contribution in [0.15, 0.2) is 50.8 Å². The zero-order valence-electron chi connectivity index (χ0n) is 24.6. The number of aliphatic imine (C=N–C) groups is 1. The summed E-state index contributed by atoms with van der Waals surface area (Å²) in [5.41, 5.74) is 15.2. The number of thiazole rings is 1. The van der Waals surface area contributed by atoms with Gasteiger partial charge in [0.1, 0.15) is 35.3 Å². The molecule has 46 heavy (non-hydrogen) atoms. The van der Waals surface area contributed by atoms with Crippen LogP contribution in [-0.2, 0) is 28.8 Å². The molecule has 20 heteroatoms. The fourth-order valence-electron chi connectivity index (χ4n) is 4.20. The number of nitrogen functional groups attached to an aromatic ring is 1. The first-order chi connectivity index (χ1) is 21.7. The Labute approximate surface area is 270 Å². The van der Waals surface area contributed by atoms with Crippen molar-refractivity contribution in [2.24, 2.45) is 21.6 Å². The molecule has 3 aliphatic heterocycles. The number of β-lactam (4-membered cyclic amide) rings is 1. The molecule has 1 aromatic heterocycles. The fraction of sp³-hybridized carbons (Fsp3) is 0.385. The van der Waals surface area contributed by atoms with Gasteiger partial charge < -0.3 is 47.8 Å². The Morgan fingerprint density at radius 2 is 2.00 bits per heavy atom. The minimum Gasteiger partial charge on any atom is -0.478 e. The number of allylic oxidation sites excluding steroid dienone is 1. The van der Waals surface area contributed by atoms with Gasteiger partial charge in [-0.3, -0.25) is 19.3 Å². The van der Waals surface area contributed by atoms with Crippen LogP contribution in [0.25, 0.3) is 0 Å². The molecule has 0 spiro atoms. The second kappa shape index (κ2) is 14.0. The maximum atomic E-state index is 13.2. The largest absolute Gasteiger partial charge is 0.478 e. The van der Waals surface area contributed by atoms with Crippen LogP contribution >= 0.6 is 23.1 Å². The SMILES string of the molecule is CC(C)(O/N=C(\C(=O)N[C@@H]1C(=O)N2C(C(=O)O)=C(/C=C/CN3C=C(NC(=O)CCN)C(N)=NC3)CSC12)c1csc(N)n1)C(=O)O. The lowest BCUT2D eigenvalue weighted by atomic mass is 10.0. The Morgan fingerprint density at radius 1 is 1.26 bits per heavy atom. The van der Waals surface area contributed by atoms with Crippen LogP contribution in [0.2, 0.25) is 0 Å². The standard InChI is InChI=1S/C26H32N10O8S2/c1-26(2,24(42)43)44-34-16(14-10-46-25(29)32-14)20(38)33-17-21(39)36-18(23(40)41)12(9-45-22(17)36)4-3-7-35-8-13(19(28)30-11-35)31-15(37)5-6-27/h3-4,8,10,17,22H,5-7,9,11,27H2,1-2H3,(H2,28,30)(H2,29,32)(H,31,37)(H,33,38)(H,40,41)(H,42,43)/b4-3+,34-16-/t17-,22?/m1/s1. The number of aliphatic carboxylic acids is 2. The lowest BCUT2D eigenvalue weighted by molar-refractivity contribution is -0.161. The van der Waals surface area contributed by atoms with E-state index < -0.39 is 46.5 Å². The summed E-state index contributed by atoms with van der Waals surface area (Å²) in [6.07, 6.45) is 5.02. The molecule has 3 amide bonds. The average Bonchev–Trinajstić information content (AvgIpc) is 3.42. The third-order valence-corrected chi connectivity index (χ3v) is 8.64. The number of oxime groups is 1. The monoisotopic (exact) mass is 676 g/mol. The zero-order chi connectivity index (χ0) is 33.8. The van der Waals surface area contributed by atoms with E-state index in [0.717, 1.165) is 16.2 Å². The molecule has 3 aliphatic rings. The van der Waals surface area contributed by atoms with Gasteiger partial charge in [0.25, 0.3) is 11.8 Å². The van der Waals surface area contributed by atoms with Crippen LogP contribution in [-0.4, -0.2) is 109 Å². The molecule has 0 bridgehead atoms. The first-order valence-corrected chi connectivity index (χ1v) is 15.5. The van der Waals surface area contributed by atoms with Crippen molar-refractivity contribution in [1.29, 1.82) is 0 Å². The highest BCUT2D eigenvalue weighted by Gasteiger charge is 2.54. The number of amides is 3. The normalized spacial score (nSPS) is 20.1. The van der Waals surface area contributed by atoms with Crippen molar-refractivity contribution in [2.75, 3.05) is 31.2 Å². The smallest absolute Gasteiger partial charge is 0.352 e. The van der Waals surface area contributed by atoms with E-state index in [4.69, 9.17) is 22.0 Å². The summed E-state index contributed by atoms with van der Waals surface area (Å²) in [6.45, 7) is 3.13. The molecule has 0 aliphatic carbocycles. The van der Waals surface area contributed by atoms with Crippen LogP contribution in [0.5, 0.6) is 0 Å². The molecule has 2 atom stereocenters. The maximum absolute atomic E-state index is 13.2. The van der Waals surface area contributed by atoms with E-state index in [9.17, 15) is 34.2 Å². The number of aromatic nitrogens is 1. The van der Waals surface area contributed by atoms with Crippen LogP contribution in [0.1, 0.15) is 26.0 Å². The number of anilines is 1. The number of amidine groups is 1. The topological polar surface area (TPSA) is 281 Å². The Hall–Kier alpha value is -4.95. The fourth-order valence-corrected chi connectivity index (χ4v) is 6.07. The van der Waals surface area contributed by atoms with Gasteiger partial charge in [0.15, 0.2) is 10.8 Å². The van der Waals surface area contributed by atoms with Crippen molar-refractivity contribution < 1.29 is 39.0 Å². The molecule has 1 unspecified atom stereocenters. The first-order valence-electron chi connectivity index (χ1n) is 13.6. The molecule has 1 aromatic rings. The number of carbonyl (C=O) groups excluding carboxylic acids is 3. The highest BCUT2D eigenvalue weighted by molar-refractivity contribution is 8.00. The molecule has 246 valence electrons. The number of nitrogens with one attached hydrogen (secondary N) is 2. The van der Waals surface area contributed by atoms with Gasteiger partial charge in [-0.05, 0) is 19.4 Å². The van der Waals surface area contributed by atoms with E-state index in [1.165, 1.54) is 31.0 Å². The molecule has 0 saturated carbocycles. The molecule has 1 saturated heterocycles. The third kappa shape index (κ3) is 7.46. The number of carboxylic acid groups (broad SMARTS) is 2. The average molecular weight is 677 g/mol. The number of nitrogens with two attached hydrogens (primary N) is 3. The summed E-state index contributed by atoms with van der Waals surface area (Å²) in [7, 11) is 0. The maximum Gasteiger partial charge on any atom is 0.352 e. The third-order valence-electron chi connectivity index (χ3n) is 6.66. The Bertz CT molecular complexity index is 1600. The summed E-state index contributed by atoms with van der Waals surface area (Å²) in [5.74, 6) is -4.16. The number of fused-ring (bicyclic) bond motifs is 1. The van der Waals surface area contributed by atoms with Crippen molar-refractivity contribution in [2.45, 2.75) is 37.3 Å². The zero-order valence-corrected chi connectivity index (χ0v) is 26.3. The van der Waals surface area contributed by atoms with Crippen molar-refractivity contribution in [3.05, 3.63) is 46.4 Å². The predicted octanol–water partition coefficient (Wildman–Crippen LogP) is -1.46. The van der Waals surface area contributed by atoms with Crippen molar-refractivity contribution in [3.63, 3.8) is 0 Å². The highest BCUT2D eigenvalue weighted by Crippen LogP contribution is 2.40. The molecule has 18 nitrogen and oxygen atoms in total. The number of carbonyl (C=O) groups is 5. The van der Waals surface area contributed by atoms with Gasteiger partial charge in [-0.15, -0.1) is 23.1 Å². The number of hydrogen-bond acceptors (Lipinski definition) is 15. The summed E-state index contributed by atoms with van der Waals surface area (Å²) in [6, 6.07) is -1.11. The van der Waals surface area contributed by atoms with Crippen LogP contribution in [0, 0.1) is 0 Å². The quantitative estimate of drug-likeness (QED) is 0.0715. The first kappa shape index (κ1) is 33.9. The van der Waals surface area contributed by atoms with Crippen molar-refractivity contribution >= 4 is 69.4 Å². The second-order valence-corrected chi connectivity index (χ2v) is 12.4. The molecule has 10 N–H and O–H groups in total. The van der Waals surface area contributed by atoms with Gasteiger partial charge >= 0.3 is 11.9 Å². The summed E-state index contributed by atoms with van der Waals surface area (Å²) < 4.78 is 0. The van der Waals surface area contributed by atoms with Gasteiger partial charge in [0.05, 0.1) is 5.70 Å². The lowest BCUT2D eigenvalue weighted by Crippen LogP contribution is -2.71. The minimum absolute atomic E-state index is 0.00153. The minimum atomic E-state index is -1.78. The lowest BCUT2D eigenvalue weighted by Gasteiger charge is -2.49. The van der Waals surface area contributed by atoms with Gasteiger partial charge in [0, 0.05) is 36.8 Å². The number of nitrogens with zero attached hydrogens (tertiary/aromatic N) is 5. The highest BCUT2D eigenvalue weighted by atomic mass is 32.2. The van der Waals surface area contributed by atoms with Gasteiger partial charge in [-0.25, -0.2) is 19.6 Å². The van der Waals surface area contributed by atoms with Crippen molar-refractivity contribution in [1.82, 2.24) is 25.4 Å². The molecule has 1 fully saturated rings. The van der Waals surface area contributed by atoms with Gasteiger partial charge in [-0.1, -0.05) is 17.3 Å². The molecular weight excluding hydrogens is 644 g/mol. The van der Waals surface area contributed by atoms with Crippen LogP contribution in [0.3, 0.4) is 0 Å². The Morgan fingerprint density at radius 3 is 2.63 bits per heavy atom. The Kier molecular flexibility index (Phi) is 10.3. The number of carboxylic acids is 2. The number of thioether (sulfide) groups is 1. The molecule has 4 rings (SSSR count). The predicted molar refractivity (Wildman–Crippen MR) is 168 cm³/mol. The Balaban J connectivity index is 1.47. The van der Waals surface area contributed by atoms with Crippen molar-refractivity contribution in [3.8, 4) is 0 Å². The molecule has 0 radical (unpaired) electrons. The van der Waals surface area contributed by atoms with Crippen LogP contribution < -0.4 is 27.8 Å². The second-order valence-electron chi connectivity index (χ2n) is 10.4. The molecule has 4 heterocycles. The van der Waals surface area contributed by atoms with E-state index in [0.29, 0.717) is 11.3 Å². The van der Waals surface area contributed by atoms with E-state index in [1.807, 2.05) is 0 Å². The van der Waals surface area contributed by atoms with E-state index in [-0.39, 0.29) is 60.2 Å². The van der Waals surface area contributed by atoms with Gasteiger partial charge in [-0.2, -0.15) is 0 Å². The van der Waals surface area contributed by atoms with Gasteiger partial charge in [0.2, 0.25) is 11.5 Å². The molecule has 0 aromatic carbocycles. The number of hydrogen-bond donors (Lipinski definition) is 7. The summed E-state index contributed by atoms with van der Waals surface area (Å²) in [4.78, 5) is 78.2. The van der Waals surface area contributed by atoms with Crippen LogP contribution in [0.4, 0.5) is 5.13 Å². The van der Waals surface area contributed by atoms with E-state index in [1.54, 1.807) is 23.3 Å². The van der Waals surface area contributed by atoms with E-state index >= 15 is 0 Å².